The molecule has 0 aliphatic rings. The summed E-state index contributed by atoms with van der Waals surface area (Å²) in [6.45, 7) is 3.51. The van der Waals surface area contributed by atoms with Gasteiger partial charge in [-0.25, -0.2) is 4.79 Å². The van der Waals surface area contributed by atoms with Gasteiger partial charge in [0.15, 0.2) is 0 Å². The third-order valence-corrected chi connectivity index (χ3v) is 6.77. The summed E-state index contributed by atoms with van der Waals surface area (Å²) >= 11 is 1.56. The summed E-state index contributed by atoms with van der Waals surface area (Å²) in [4.78, 5) is 51.2. The second-order valence-corrected chi connectivity index (χ2v) is 10.6. The van der Waals surface area contributed by atoms with Crippen LogP contribution in [0, 0.1) is 5.92 Å². The first-order valence-electron chi connectivity index (χ1n) is 12.7. The van der Waals surface area contributed by atoms with E-state index in [2.05, 4.69) is 16.0 Å². The number of aromatic hydroxyl groups is 1. The molecule has 0 aromatic heterocycles. The summed E-state index contributed by atoms with van der Waals surface area (Å²) in [5.74, 6) is -2.55. The van der Waals surface area contributed by atoms with E-state index in [9.17, 15) is 29.4 Å². The summed E-state index contributed by atoms with van der Waals surface area (Å²) < 4.78 is 0. The van der Waals surface area contributed by atoms with Crippen molar-refractivity contribution in [2.24, 2.45) is 11.7 Å². The lowest BCUT2D eigenvalue weighted by Gasteiger charge is -2.27. The summed E-state index contributed by atoms with van der Waals surface area (Å²) in [7, 11) is 0. The van der Waals surface area contributed by atoms with Gasteiger partial charge in [0.05, 0.1) is 6.04 Å². The van der Waals surface area contributed by atoms with E-state index in [1.165, 1.54) is 12.1 Å². The summed E-state index contributed by atoms with van der Waals surface area (Å²) in [5.41, 5.74) is 7.32. The largest absolute Gasteiger partial charge is 0.508 e. The van der Waals surface area contributed by atoms with Gasteiger partial charge in [-0.2, -0.15) is 11.8 Å². The number of carboxylic acids is 1. The van der Waals surface area contributed by atoms with Crippen molar-refractivity contribution in [2.75, 3.05) is 12.0 Å². The molecular formula is C28H38N4O6S. The number of carbonyl (C=O) groups excluding carboxylic acids is 3. The molecule has 0 radical (unpaired) electrons. The molecule has 7 N–H and O–H groups in total. The lowest BCUT2D eigenvalue weighted by Crippen LogP contribution is -2.59. The topological polar surface area (TPSA) is 171 Å². The van der Waals surface area contributed by atoms with E-state index in [1.807, 2.05) is 6.26 Å². The molecular weight excluding hydrogens is 520 g/mol. The number of hydrogen-bond acceptors (Lipinski definition) is 7. The predicted octanol–water partition coefficient (Wildman–Crippen LogP) is 1.45. The van der Waals surface area contributed by atoms with Crippen LogP contribution in [0.1, 0.15) is 31.4 Å². The van der Waals surface area contributed by atoms with Gasteiger partial charge in [0, 0.05) is 12.8 Å². The van der Waals surface area contributed by atoms with Crippen molar-refractivity contribution in [3.05, 3.63) is 65.7 Å². The molecule has 212 valence electrons. The fraction of sp³-hybridized carbons (Fsp3) is 0.429. The number of nitrogens with two attached hydrogens (primary N) is 1. The van der Waals surface area contributed by atoms with Crippen LogP contribution in [0.2, 0.25) is 0 Å². The van der Waals surface area contributed by atoms with E-state index in [0.717, 1.165) is 5.56 Å². The number of nitrogens with one attached hydrogen (secondary N) is 3. The van der Waals surface area contributed by atoms with Crippen molar-refractivity contribution in [3.63, 3.8) is 0 Å². The van der Waals surface area contributed by atoms with Crippen molar-refractivity contribution >= 4 is 35.5 Å². The Morgan fingerprint density at radius 3 is 1.95 bits per heavy atom. The van der Waals surface area contributed by atoms with Crippen LogP contribution in [0.4, 0.5) is 0 Å². The fourth-order valence-electron chi connectivity index (χ4n) is 3.83. The molecule has 4 atom stereocenters. The Morgan fingerprint density at radius 1 is 0.821 bits per heavy atom. The molecule has 10 nitrogen and oxygen atoms in total. The van der Waals surface area contributed by atoms with Gasteiger partial charge >= 0.3 is 5.97 Å². The van der Waals surface area contributed by atoms with Gasteiger partial charge in [0.25, 0.3) is 0 Å². The number of aliphatic carboxylic acids is 1. The number of phenolic OH excluding ortho intramolecular Hbond substituents is 1. The Labute approximate surface area is 233 Å². The number of phenols is 1. The lowest BCUT2D eigenvalue weighted by molar-refractivity contribution is -0.142. The molecule has 0 fully saturated rings. The molecule has 0 heterocycles. The first kappa shape index (κ1) is 31.6. The number of thioether (sulfide) groups is 1. The highest BCUT2D eigenvalue weighted by atomic mass is 32.2. The number of rotatable bonds is 15. The molecule has 0 aliphatic carbocycles. The van der Waals surface area contributed by atoms with Gasteiger partial charge in [0.2, 0.25) is 17.7 Å². The average molecular weight is 559 g/mol. The van der Waals surface area contributed by atoms with Crippen molar-refractivity contribution < 1.29 is 29.4 Å². The monoisotopic (exact) mass is 558 g/mol. The molecule has 2 rings (SSSR count). The van der Waals surface area contributed by atoms with Crippen LogP contribution in [0.15, 0.2) is 54.6 Å². The van der Waals surface area contributed by atoms with Gasteiger partial charge in [0.1, 0.15) is 23.9 Å². The quantitative estimate of drug-likeness (QED) is 0.191. The zero-order chi connectivity index (χ0) is 28.9. The van der Waals surface area contributed by atoms with Crippen LogP contribution >= 0.6 is 11.8 Å². The van der Waals surface area contributed by atoms with E-state index in [-0.39, 0.29) is 24.5 Å². The molecule has 0 saturated heterocycles. The van der Waals surface area contributed by atoms with Gasteiger partial charge in [-0.1, -0.05) is 56.3 Å². The summed E-state index contributed by atoms with van der Waals surface area (Å²) in [6, 6.07) is 10.9. The Hall–Kier alpha value is -3.57. The second-order valence-electron chi connectivity index (χ2n) is 9.64. The predicted molar refractivity (Wildman–Crippen MR) is 151 cm³/mol. The van der Waals surface area contributed by atoms with Gasteiger partial charge in [-0.3, -0.25) is 14.4 Å². The number of carboxylic acid groups (broad SMARTS) is 1. The zero-order valence-electron chi connectivity index (χ0n) is 22.4. The minimum absolute atomic E-state index is 0.0293. The van der Waals surface area contributed by atoms with Crippen LogP contribution < -0.4 is 21.7 Å². The lowest BCUT2D eigenvalue weighted by atomic mass is 9.99. The standard InChI is InChI=1S/C28H38N4O6S/c1-17(2)24(32-25(34)21(29)13-14-39-3)27(36)30-22(15-19-9-11-20(33)12-10-19)26(35)31-23(28(37)38)16-18-7-5-4-6-8-18/h4-12,17,21-24,33H,13-16,29H2,1-3H3,(H,30,36)(H,31,35)(H,32,34)(H,37,38). The van der Waals surface area contributed by atoms with E-state index >= 15 is 0 Å². The zero-order valence-corrected chi connectivity index (χ0v) is 23.2. The molecule has 0 saturated carbocycles. The van der Waals surface area contributed by atoms with Gasteiger partial charge in [-0.05, 0) is 47.6 Å². The smallest absolute Gasteiger partial charge is 0.326 e. The normalized spacial score (nSPS) is 14.1. The molecule has 11 heteroatoms. The van der Waals surface area contributed by atoms with Gasteiger partial charge in [-0.15, -0.1) is 0 Å². The second kappa shape index (κ2) is 15.7. The van der Waals surface area contributed by atoms with E-state index < -0.39 is 47.9 Å². The van der Waals surface area contributed by atoms with Crippen LogP contribution in [0.25, 0.3) is 0 Å². The molecule has 4 unspecified atom stereocenters. The highest BCUT2D eigenvalue weighted by Gasteiger charge is 2.32. The Morgan fingerprint density at radius 2 is 1.38 bits per heavy atom. The molecule has 3 amide bonds. The first-order valence-corrected chi connectivity index (χ1v) is 14.1. The Bertz CT molecular complexity index is 1100. The fourth-order valence-corrected chi connectivity index (χ4v) is 4.32. The number of hydrogen-bond donors (Lipinski definition) is 6. The highest BCUT2D eigenvalue weighted by molar-refractivity contribution is 7.98. The maximum absolute atomic E-state index is 13.3. The number of amides is 3. The molecule has 0 bridgehead atoms. The third kappa shape index (κ3) is 10.6. The molecule has 39 heavy (non-hydrogen) atoms. The van der Waals surface area contributed by atoms with Crippen LogP contribution in [0.5, 0.6) is 5.75 Å². The maximum Gasteiger partial charge on any atom is 0.326 e. The van der Waals surface area contributed by atoms with Crippen molar-refractivity contribution in [1.29, 1.82) is 0 Å². The van der Waals surface area contributed by atoms with Crippen LogP contribution in [-0.2, 0) is 32.0 Å². The molecule has 2 aromatic carbocycles. The van der Waals surface area contributed by atoms with Gasteiger partial charge < -0.3 is 31.9 Å². The molecule has 0 aliphatic heterocycles. The number of carbonyl (C=O) groups is 4. The Balaban J connectivity index is 2.23. The summed E-state index contributed by atoms with van der Waals surface area (Å²) in [6.07, 6.45) is 2.44. The van der Waals surface area contributed by atoms with Crippen molar-refractivity contribution in [2.45, 2.75) is 57.3 Å². The molecule has 2 aromatic rings. The first-order chi connectivity index (χ1) is 18.5. The van der Waals surface area contributed by atoms with E-state index in [0.29, 0.717) is 17.7 Å². The van der Waals surface area contributed by atoms with Crippen LogP contribution in [-0.4, -0.2) is 70.1 Å². The minimum Gasteiger partial charge on any atom is -0.508 e. The van der Waals surface area contributed by atoms with Crippen LogP contribution in [0.3, 0.4) is 0 Å². The van der Waals surface area contributed by atoms with E-state index in [1.54, 1.807) is 68.1 Å². The van der Waals surface area contributed by atoms with Crippen molar-refractivity contribution in [1.82, 2.24) is 16.0 Å². The Kier molecular flexibility index (Phi) is 12.8. The summed E-state index contributed by atoms with van der Waals surface area (Å²) in [5, 5.41) is 27.3. The van der Waals surface area contributed by atoms with E-state index in [4.69, 9.17) is 5.73 Å². The average Bonchev–Trinajstić information content (AvgIpc) is 2.90. The van der Waals surface area contributed by atoms with Crippen molar-refractivity contribution in [3.8, 4) is 5.75 Å². The molecule has 0 spiro atoms. The highest BCUT2D eigenvalue weighted by Crippen LogP contribution is 2.13. The SMILES string of the molecule is CSCCC(N)C(=O)NC(C(=O)NC(Cc1ccc(O)cc1)C(=O)NC(Cc1ccccc1)C(=O)O)C(C)C. The maximum atomic E-state index is 13.3. The third-order valence-electron chi connectivity index (χ3n) is 6.12. The minimum atomic E-state index is -1.23. The number of benzene rings is 2.